The highest BCUT2D eigenvalue weighted by atomic mass is 32.1. The molecule has 1 aromatic heterocycles. The van der Waals surface area contributed by atoms with Crippen LogP contribution in [-0.4, -0.2) is 24.1 Å². The van der Waals surface area contributed by atoms with Gasteiger partial charge in [0, 0.05) is 37.1 Å². The van der Waals surface area contributed by atoms with Gasteiger partial charge in [-0.1, -0.05) is 30.3 Å². The van der Waals surface area contributed by atoms with E-state index in [9.17, 15) is 0 Å². The molecule has 1 unspecified atom stereocenters. The van der Waals surface area contributed by atoms with Gasteiger partial charge in [0.1, 0.15) is 0 Å². The summed E-state index contributed by atoms with van der Waals surface area (Å²) in [6, 6.07) is 10.5. The summed E-state index contributed by atoms with van der Waals surface area (Å²) in [5.74, 6) is 0. The molecule has 0 fully saturated rings. The lowest BCUT2D eigenvalue weighted by molar-refractivity contribution is 0.574. The summed E-state index contributed by atoms with van der Waals surface area (Å²) in [5, 5.41) is 6.58. The Morgan fingerprint density at radius 2 is 2.11 bits per heavy atom. The van der Waals surface area contributed by atoms with Gasteiger partial charge >= 0.3 is 0 Å². The summed E-state index contributed by atoms with van der Waals surface area (Å²) < 4.78 is 0. The summed E-state index contributed by atoms with van der Waals surface area (Å²) >= 11 is 1.70. The number of nitrogens with two attached hydrogens (primary N) is 1. The first-order valence-electron chi connectivity index (χ1n) is 6.23. The fourth-order valence-corrected chi connectivity index (χ4v) is 2.47. The van der Waals surface area contributed by atoms with Gasteiger partial charge in [-0.25, -0.2) is 4.98 Å². The number of benzene rings is 1. The lowest BCUT2D eigenvalue weighted by Crippen LogP contribution is -2.36. The Balaban J connectivity index is 1.62. The Morgan fingerprint density at radius 3 is 2.83 bits per heavy atom. The molecule has 0 spiro atoms. The fraction of sp³-hybridized carbons (Fsp3) is 0.357. The molecule has 2 rings (SSSR count). The predicted octanol–water partition coefficient (Wildman–Crippen LogP) is 1.85. The summed E-state index contributed by atoms with van der Waals surface area (Å²) in [5.41, 5.74) is 7.39. The van der Waals surface area contributed by atoms with E-state index in [-0.39, 0.29) is 6.04 Å². The topological polar surface area (TPSA) is 50.9 Å². The van der Waals surface area contributed by atoms with Gasteiger partial charge in [0.2, 0.25) is 0 Å². The molecule has 0 aliphatic rings. The van der Waals surface area contributed by atoms with Crippen LogP contribution in [0, 0.1) is 0 Å². The third-order valence-electron chi connectivity index (χ3n) is 2.75. The van der Waals surface area contributed by atoms with E-state index in [1.165, 1.54) is 10.6 Å². The van der Waals surface area contributed by atoms with E-state index in [0.717, 1.165) is 25.9 Å². The number of hydrogen-bond acceptors (Lipinski definition) is 4. The fourth-order valence-electron chi connectivity index (χ4n) is 1.85. The minimum atomic E-state index is 0.170. The Labute approximate surface area is 112 Å². The Morgan fingerprint density at radius 1 is 1.28 bits per heavy atom. The Hall–Kier alpha value is -1.23. The maximum absolute atomic E-state index is 6.09. The van der Waals surface area contributed by atoms with Crippen LogP contribution in [-0.2, 0) is 12.8 Å². The molecule has 96 valence electrons. The second-order valence-electron chi connectivity index (χ2n) is 4.33. The quantitative estimate of drug-likeness (QED) is 0.748. The SMILES string of the molecule is NC(CNCCc1nccs1)Cc1ccccc1. The first-order valence-corrected chi connectivity index (χ1v) is 7.11. The van der Waals surface area contributed by atoms with Crippen LogP contribution >= 0.6 is 11.3 Å². The highest BCUT2D eigenvalue weighted by Crippen LogP contribution is 2.04. The third kappa shape index (κ3) is 4.56. The van der Waals surface area contributed by atoms with Crippen LogP contribution in [0.15, 0.2) is 41.9 Å². The molecule has 0 saturated heterocycles. The first kappa shape index (κ1) is 13.2. The zero-order chi connectivity index (χ0) is 12.6. The van der Waals surface area contributed by atoms with E-state index >= 15 is 0 Å². The van der Waals surface area contributed by atoms with E-state index in [1.807, 2.05) is 17.6 Å². The normalized spacial score (nSPS) is 12.5. The molecule has 0 radical (unpaired) electrons. The van der Waals surface area contributed by atoms with Crippen molar-refractivity contribution in [3.63, 3.8) is 0 Å². The van der Waals surface area contributed by atoms with Gasteiger partial charge in [0.05, 0.1) is 5.01 Å². The lowest BCUT2D eigenvalue weighted by Gasteiger charge is -2.12. The summed E-state index contributed by atoms with van der Waals surface area (Å²) in [7, 11) is 0. The van der Waals surface area contributed by atoms with E-state index in [0.29, 0.717) is 0 Å². The van der Waals surface area contributed by atoms with Crippen LogP contribution in [0.1, 0.15) is 10.6 Å². The first-order chi connectivity index (χ1) is 8.84. The summed E-state index contributed by atoms with van der Waals surface area (Å²) in [4.78, 5) is 4.25. The number of nitrogens with one attached hydrogen (secondary N) is 1. The minimum Gasteiger partial charge on any atom is -0.326 e. The monoisotopic (exact) mass is 261 g/mol. The van der Waals surface area contributed by atoms with Crippen molar-refractivity contribution in [3.05, 3.63) is 52.5 Å². The van der Waals surface area contributed by atoms with Crippen LogP contribution in [0.4, 0.5) is 0 Å². The van der Waals surface area contributed by atoms with Crippen molar-refractivity contribution in [3.8, 4) is 0 Å². The molecule has 0 aliphatic carbocycles. The van der Waals surface area contributed by atoms with Crippen molar-refractivity contribution in [2.45, 2.75) is 18.9 Å². The van der Waals surface area contributed by atoms with E-state index in [4.69, 9.17) is 5.73 Å². The lowest BCUT2D eigenvalue weighted by atomic mass is 10.1. The van der Waals surface area contributed by atoms with Crippen molar-refractivity contribution in [1.29, 1.82) is 0 Å². The van der Waals surface area contributed by atoms with Gasteiger partial charge in [-0.15, -0.1) is 11.3 Å². The van der Waals surface area contributed by atoms with Crippen molar-refractivity contribution >= 4 is 11.3 Å². The van der Waals surface area contributed by atoms with Gasteiger partial charge < -0.3 is 11.1 Å². The van der Waals surface area contributed by atoms with Gasteiger partial charge in [0.15, 0.2) is 0 Å². The second-order valence-corrected chi connectivity index (χ2v) is 5.31. The van der Waals surface area contributed by atoms with E-state index < -0.39 is 0 Å². The standard InChI is InChI=1S/C14H19N3S/c15-13(10-12-4-2-1-3-5-12)11-16-7-6-14-17-8-9-18-14/h1-5,8-9,13,16H,6-7,10-11,15H2. The van der Waals surface area contributed by atoms with Crippen molar-refractivity contribution < 1.29 is 0 Å². The molecule has 2 aromatic rings. The van der Waals surface area contributed by atoms with Gasteiger partial charge in [0.25, 0.3) is 0 Å². The minimum absolute atomic E-state index is 0.170. The number of hydrogen-bond donors (Lipinski definition) is 2. The molecule has 0 bridgehead atoms. The number of rotatable bonds is 7. The zero-order valence-electron chi connectivity index (χ0n) is 10.4. The molecule has 1 aromatic carbocycles. The molecule has 3 N–H and O–H groups in total. The van der Waals surface area contributed by atoms with Gasteiger partial charge in [-0.2, -0.15) is 0 Å². The highest BCUT2D eigenvalue weighted by Gasteiger charge is 2.03. The average molecular weight is 261 g/mol. The van der Waals surface area contributed by atoms with E-state index in [2.05, 4.69) is 34.6 Å². The van der Waals surface area contributed by atoms with Crippen molar-refractivity contribution in [1.82, 2.24) is 10.3 Å². The number of nitrogens with zero attached hydrogens (tertiary/aromatic N) is 1. The summed E-state index contributed by atoms with van der Waals surface area (Å²) in [6.45, 7) is 1.79. The molecular formula is C14H19N3S. The van der Waals surface area contributed by atoms with Gasteiger partial charge in [-0.3, -0.25) is 0 Å². The average Bonchev–Trinajstić information content (AvgIpc) is 2.89. The number of aromatic nitrogens is 1. The third-order valence-corrected chi connectivity index (χ3v) is 3.59. The van der Waals surface area contributed by atoms with Crippen LogP contribution in [0.25, 0.3) is 0 Å². The molecule has 1 heterocycles. The highest BCUT2D eigenvalue weighted by molar-refractivity contribution is 7.09. The largest absolute Gasteiger partial charge is 0.326 e. The molecule has 18 heavy (non-hydrogen) atoms. The van der Waals surface area contributed by atoms with Crippen LogP contribution in [0.3, 0.4) is 0 Å². The summed E-state index contributed by atoms with van der Waals surface area (Å²) in [6.07, 6.45) is 3.75. The zero-order valence-corrected chi connectivity index (χ0v) is 11.2. The molecule has 0 aliphatic heterocycles. The van der Waals surface area contributed by atoms with Gasteiger partial charge in [-0.05, 0) is 12.0 Å². The molecule has 4 heteroatoms. The number of thiazole rings is 1. The Kier molecular flexibility index (Phi) is 5.33. The maximum atomic E-state index is 6.09. The molecule has 1 atom stereocenters. The van der Waals surface area contributed by atoms with Crippen LogP contribution < -0.4 is 11.1 Å². The molecule has 3 nitrogen and oxygen atoms in total. The van der Waals surface area contributed by atoms with Crippen LogP contribution in [0.5, 0.6) is 0 Å². The second kappa shape index (κ2) is 7.26. The van der Waals surface area contributed by atoms with Crippen molar-refractivity contribution in [2.24, 2.45) is 5.73 Å². The molecular weight excluding hydrogens is 242 g/mol. The molecule has 0 amide bonds. The van der Waals surface area contributed by atoms with Crippen molar-refractivity contribution in [2.75, 3.05) is 13.1 Å². The maximum Gasteiger partial charge on any atom is 0.0937 e. The predicted molar refractivity (Wildman–Crippen MR) is 76.8 cm³/mol. The van der Waals surface area contributed by atoms with Crippen LogP contribution in [0.2, 0.25) is 0 Å². The van der Waals surface area contributed by atoms with E-state index in [1.54, 1.807) is 11.3 Å². The Bertz CT molecular complexity index is 428. The smallest absolute Gasteiger partial charge is 0.0937 e. The molecule has 0 saturated carbocycles.